The van der Waals surface area contributed by atoms with Gasteiger partial charge in [-0.25, -0.2) is 0 Å². The largest absolute Gasteiger partial charge is 0.303 e. The van der Waals surface area contributed by atoms with Gasteiger partial charge in [0.2, 0.25) is 0 Å². The van der Waals surface area contributed by atoms with E-state index in [1.54, 1.807) is 0 Å². The summed E-state index contributed by atoms with van der Waals surface area (Å²) in [5.41, 5.74) is 4.15. The van der Waals surface area contributed by atoms with Crippen LogP contribution in [0.4, 0.5) is 0 Å². The highest BCUT2D eigenvalue weighted by Crippen LogP contribution is 2.27. The van der Waals surface area contributed by atoms with E-state index in [0.29, 0.717) is 5.92 Å². The van der Waals surface area contributed by atoms with E-state index in [9.17, 15) is 0 Å². The molecule has 2 aliphatic rings. The normalized spacial score (nSPS) is 24.5. The molecule has 3 rings (SSSR count). The Bertz CT molecular complexity index is 465. The van der Waals surface area contributed by atoms with Gasteiger partial charge < -0.3 is 4.90 Å². The van der Waals surface area contributed by atoms with Gasteiger partial charge in [0, 0.05) is 43.9 Å². The van der Waals surface area contributed by atoms with E-state index < -0.39 is 0 Å². The number of nitrogens with zero attached hydrogens (tertiary/aromatic N) is 3. The molecule has 21 heavy (non-hydrogen) atoms. The van der Waals surface area contributed by atoms with Crippen LogP contribution >= 0.6 is 0 Å². The molecule has 0 bridgehead atoms. The lowest BCUT2D eigenvalue weighted by molar-refractivity contribution is 0.130. The van der Waals surface area contributed by atoms with Gasteiger partial charge in [-0.3, -0.25) is 10.00 Å². The van der Waals surface area contributed by atoms with Gasteiger partial charge >= 0.3 is 0 Å². The molecule has 118 valence electrons. The molecule has 0 amide bonds. The average molecular weight is 290 g/mol. The maximum Gasteiger partial charge on any atom is 0.0695 e. The molecule has 1 aromatic rings. The zero-order valence-electron chi connectivity index (χ0n) is 13.9. The molecular formula is C17H30N4. The summed E-state index contributed by atoms with van der Waals surface area (Å²) in [6.07, 6.45) is 3.92. The number of H-pyrrole nitrogens is 1. The van der Waals surface area contributed by atoms with Gasteiger partial charge in [-0.2, -0.15) is 5.10 Å². The van der Waals surface area contributed by atoms with Crippen molar-refractivity contribution in [3.63, 3.8) is 0 Å². The maximum atomic E-state index is 4.54. The van der Waals surface area contributed by atoms with E-state index in [1.807, 2.05) is 0 Å². The number of nitrogens with one attached hydrogen (secondary N) is 1. The van der Waals surface area contributed by atoms with Crippen LogP contribution in [-0.2, 0) is 13.0 Å². The second kappa shape index (κ2) is 6.49. The van der Waals surface area contributed by atoms with Crippen LogP contribution in [0.1, 0.15) is 56.5 Å². The molecule has 2 aliphatic heterocycles. The molecule has 4 nitrogen and oxygen atoms in total. The molecule has 0 unspecified atom stereocenters. The summed E-state index contributed by atoms with van der Waals surface area (Å²) in [6, 6.07) is 0. The fourth-order valence-electron chi connectivity index (χ4n) is 3.96. The van der Waals surface area contributed by atoms with E-state index in [4.69, 9.17) is 0 Å². The van der Waals surface area contributed by atoms with Crippen LogP contribution in [0.5, 0.6) is 0 Å². The van der Waals surface area contributed by atoms with Crippen molar-refractivity contribution in [2.75, 3.05) is 32.7 Å². The molecule has 0 radical (unpaired) electrons. The fourth-order valence-corrected chi connectivity index (χ4v) is 3.96. The van der Waals surface area contributed by atoms with E-state index >= 15 is 0 Å². The van der Waals surface area contributed by atoms with Crippen molar-refractivity contribution in [1.82, 2.24) is 20.0 Å². The van der Waals surface area contributed by atoms with Gasteiger partial charge in [0.1, 0.15) is 0 Å². The summed E-state index contributed by atoms with van der Waals surface area (Å²) in [5, 5.41) is 7.81. The standard InChI is InChI=1S/C17H30N4/c1-4-20-8-5-6-14(10-20)11-21-9-7-16-15(12-21)17(13(2)3)19-18-16/h13-14H,4-12H2,1-3H3,(H,18,19)/t14-/m1/s1. The Balaban J connectivity index is 1.62. The van der Waals surface area contributed by atoms with Crippen LogP contribution in [-0.4, -0.2) is 52.7 Å². The Labute approximate surface area is 128 Å². The predicted molar refractivity (Wildman–Crippen MR) is 86.5 cm³/mol. The first kappa shape index (κ1) is 15.0. The summed E-state index contributed by atoms with van der Waals surface area (Å²) in [4.78, 5) is 5.27. The van der Waals surface area contributed by atoms with Crippen molar-refractivity contribution < 1.29 is 0 Å². The first-order valence-corrected chi connectivity index (χ1v) is 8.68. The highest BCUT2D eigenvalue weighted by atomic mass is 15.2. The quantitative estimate of drug-likeness (QED) is 0.926. The average Bonchev–Trinajstić information content (AvgIpc) is 2.91. The second-order valence-corrected chi connectivity index (χ2v) is 7.11. The molecule has 1 fully saturated rings. The lowest BCUT2D eigenvalue weighted by Crippen LogP contribution is -2.42. The number of aromatic amines is 1. The van der Waals surface area contributed by atoms with Crippen LogP contribution in [0.25, 0.3) is 0 Å². The third kappa shape index (κ3) is 3.32. The van der Waals surface area contributed by atoms with E-state index in [2.05, 4.69) is 40.8 Å². The molecule has 1 saturated heterocycles. The minimum absolute atomic E-state index is 0.523. The smallest absolute Gasteiger partial charge is 0.0695 e. The van der Waals surface area contributed by atoms with Crippen LogP contribution in [0, 0.1) is 5.92 Å². The van der Waals surface area contributed by atoms with E-state index in [0.717, 1.165) is 18.9 Å². The summed E-state index contributed by atoms with van der Waals surface area (Å²) < 4.78 is 0. The van der Waals surface area contributed by atoms with Crippen molar-refractivity contribution in [3.05, 3.63) is 17.0 Å². The molecule has 0 aromatic carbocycles. The topological polar surface area (TPSA) is 35.2 Å². The number of hydrogen-bond donors (Lipinski definition) is 1. The number of likely N-dealkylation sites (tertiary alicyclic amines) is 1. The highest BCUT2D eigenvalue weighted by Gasteiger charge is 2.26. The predicted octanol–water partition coefficient (Wildman–Crippen LogP) is 2.62. The van der Waals surface area contributed by atoms with E-state index in [-0.39, 0.29) is 0 Å². The summed E-state index contributed by atoms with van der Waals surface area (Å²) in [7, 11) is 0. The highest BCUT2D eigenvalue weighted by molar-refractivity contribution is 5.29. The molecule has 0 aliphatic carbocycles. The third-order valence-electron chi connectivity index (χ3n) is 5.16. The minimum Gasteiger partial charge on any atom is -0.303 e. The molecular weight excluding hydrogens is 260 g/mol. The first-order chi connectivity index (χ1) is 10.2. The molecule has 1 N–H and O–H groups in total. The van der Waals surface area contributed by atoms with Crippen molar-refractivity contribution in [2.24, 2.45) is 5.92 Å². The summed E-state index contributed by atoms with van der Waals surface area (Å²) in [5.74, 6) is 1.38. The Morgan fingerprint density at radius 3 is 2.90 bits per heavy atom. The summed E-state index contributed by atoms with van der Waals surface area (Å²) >= 11 is 0. The lowest BCUT2D eigenvalue weighted by atomic mass is 9.95. The first-order valence-electron chi connectivity index (χ1n) is 8.68. The Hall–Kier alpha value is -0.870. The molecule has 0 spiro atoms. The maximum absolute atomic E-state index is 4.54. The van der Waals surface area contributed by atoms with E-state index in [1.165, 1.54) is 62.5 Å². The number of rotatable bonds is 4. The van der Waals surface area contributed by atoms with Gasteiger partial charge in [-0.05, 0) is 37.8 Å². The fraction of sp³-hybridized carbons (Fsp3) is 0.824. The van der Waals surface area contributed by atoms with Gasteiger partial charge in [0.25, 0.3) is 0 Å². The van der Waals surface area contributed by atoms with Crippen LogP contribution < -0.4 is 0 Å². The minimum atomic E-state index is 0.523. The van der Waals surface area contributed by atoms with Gasteiger partial charge in [0.15, 0.2) is 0 Å². The molecule has 3 heterocycles. The lowest BCUT2D eigenvalue weighted by Gasteiger charge is -2.36. The van der Waals surface area contributed by atoms with Crippen LogP contribution in [0.2, 0.25) is 0 Å². The van der Waals surface area contributed by atoms with Crippen molar-refractivity contribution in [2.45, 2.75) is 52.5 Å². The number of fused-ring (bicyclic) bond motifs is 1. The molecule has 0 saturated carbocycles. The van der Waals surface area contributed by atoms with Crippen molar-refractivity contribution in [3.8, 4) is 0 Å². The third-order valence-corrected chi connectivity index (χ3v) is 5.16. The zero-order valence-corrected chi connectivity index (χ0v) is 13.9. The Morgan fingerprint density at radius 2 is 2.14 bits per heavy atom. The zero-order chi connectivity index (χ0) is 14.8. The van der Waals surface area contributed by atoms with Crippen LogP contribution in [0.3, 0.4) is 0 Å². The molecule has 1 aromatic heterocycles. The Kier molecular flexibility index (Phi) is 4.65. The van der Waals surface area contributed by atoms with Crippen LogP contribution in [0.15, 0.2) is 0 Å². The summed E-state index contributed by atoms with van der Waals surface area (Å²) in [6.45, 7) is 14.1. The number of aromatic nitrogens is 2. The van der Waals surface area contributed by atoms with Crippen molar-refractivity contribution in [1.29, 1.82) is 0 Å². The molecule has 1 atom stereocenters. The number of hydrogen-bond acceptors (Lipinski definition) is 3. The SMILES string of the molecule is CCN1CCC[C@@H](CN2CCc3[nH]nc(C(C)C)c3C2)C1. The monoisotopic (exact) mass is 290 g/mol. The molecule has 4 heteroatoms. The Morgan fingerprint density at radius 1 is 1.29 bits per heavy atom. The van der Waals surface area contributed by atoms with Gasteiger partial charge in [-0.15, -0.1) is 0 Å². The second-order valence-electron chi connectivity index (χ2n) is 7.11. The number of piperidine rings is 1. The van der Waals surface area contributed by atoms with Gasteiger partial charge in [-0.1, -0.05) is 20.8 Å². The van der Waals surface area contributed by atoms with Crippen molar-refractivity contribution >= 4 is 0 Å². The van der Waals surface area contributed by atoms with Gasteiger partial charge in [0.05, 0.1) is 5.69 Å².